The maximum absolute atomic E-state index is 6.26. The van der Waals surface area contributed by atoms with Gasteiger partial charge < -0.3 is 4.42 Å². The summed E-state index contributed by atoms with van der Waals surface area (Å²) in [6.45, 7) is 0. The molecule has 2 aromatic heterocycles. The van der Waals surface area contributed by atoms with E-state index in [1.165, 1.54) is 55.2 Å². The van der Waals surface area contributed by atoms with E-state index in [1.54, 1.807) is 0 Å². The van der Waals surface area contributed by atoms with E-state index in [0.29, 0.717) is 0 Å². The fourth-order valence-corrected chi connectivity index (χ4v) is 6.57. The van der Waals surface area contributed by atoms with Gasteiger partial charge in [0, 0.05) is 22.5 Å². The summed E-state index contributed by atoms with van der Waals surface area (Å²) in [7, 11) is 0. The monoisotopic (exact) mass is 443 g/mol. The van der Waals surface area contributed by atoms with E-state index in [4.69, 9.17) is 9.40 Å². The molecule has 0 aliphatic heterocycles. The fraction of sp³-hybridized carbons (Fsp3) is 0.281. The van der Waals surface area contributed by atoms with Gasteiger partial charge in [0.15, 0.2) is 0 Å². The summed E-state index contributed by atoms with van der Waals surface area (Å²) in [6.07, 6.45) is 10.4. The largest absolute Gasteiger partial charge is 0.456 e. The predicted octanol–water partition coefficient (Wildman–Crippen LogP) is 8.68. The molecule has 2 nitrogen and oxygen atoms in total. The van der Waals surface area contributed by atoms with Crippen LogP contribution < -0.4 is 0 Å². The Bertz CT molecular complexity index is 1470. The topological polar surface area (TPSA) is 26.0 Å². The SMILES string of the molecule is c1ccc(-c2ccc3oc4cc(-c5cc(CC6CC7CCC6CC7)ccn5)ccc4c3c2)cc1. The van der Waals surface area contributed by atoms with E-state index in [9.17, 15) is 0 Å². The van der Waals surface area contributed by atoms with Crippen LogP contribution in [0.1, 0.15) is 37.7 Å². The molecule has 0 amide bonds. The van der Waals surface area contributed by atoms with Gasteiger partial charge in [-0.3, -0.25) is 4.98 Å². The summed E-state index contributed by atoms with van der Waals surface area (Å²) in [4.78, 5) is 4.72. The van der Waals surface area contributed by atoms with E-state index < -0.39 is 0 Å². The normalized spacial score (nSPS) is 21.9. The van der Waals surface area contributed by atoms with Crippen molar-refractivity contribution < 1.29 is 4.42 Å². The van der Waals surface area contributed by atoms with Crippen molar-refractivity contribution in [2.24, 2.45) is 17.8 Å². The third kappa shape index (κ3) is 3.53. The van der Waals surface area contributed by atoms with Gasteiger partial charge in [0.2, 0.25) is 0 Å². The zero-order chi connectivity index (χ0) is 22.5. The lowest BCUT2D eigenvalue weighted by Crippen LogP contribution is -2.32. The Kier molecular flexibility index (Phi) is 4.79. The van der Waals surface area contributed by atoms with Crippen molar-refractivity contribution in [3.8, 4) is 22.4 Å². The molecule has 1 atom stereocenters. The van der Waals surface area contributed by atoms with Crippen LogP contribution in [0.2, 0.25) is 0 Å². The zero-order valence-corrected chi connectivity index (χ0v) is 19.4. The van der Waals surface area contributed by atoms with E-state index in [0.717, 1.165) is 50.9 Å². The van der Waals surface area contributed by atoms with E-state index in [2.05, 4.69) is 78.9 Å². The highest BCUT2D eigenvalue weighted by Gasteiger charge is 2.35. The lowest BCUT2D eigenvalue weighted by Gasteiger charge is -2.42. The number of nitrogens with zero attached hydrogens (tertiary/aromatic N) is 1. The fourth-order valence-electron chi connectivity index (χ4n) is 6.57. The van der Waals surface area contributed by atoms with E-state index >= 15 is 0 Å². The van der Waals surface area contributed by atoms with Gasteiger partial charge in [-0.2, -0.15) is 0 Å². The first-order valence-electron chi connectivity index (χ1n) is 12.8. The number of rotatable bonds is 4. The Labute approximate surface area is 200 Å². The van der Waals surface area contributed by atoms with Crippen LogP contribution in [0.5, 0.6) is 0 Å². The molecule has 1 unspecified atom stereocenters. The van der Waals surface area contributed by atoms with Crippen LogP contribution in [0.3, 0.4) is 0 Å². The van der Waals surface area contributed by atoms with Crippen LogP contribution in [0.25, 0.3) is 44.3 Å². The van der Waals surface area contributed by atoms with Crippen LogP contribution >= 0.6 is 0 Å². The lowest BCUT2D eigenvalue weighted by molar-refractivity contribution is 0.0991. The molecule has 3 fully saturated rings. The maximum Gasteiger partial charge on any atom is 0.136 e. The molecule has 2 bridgehead atoms. The average Bonchev–Trinajstić information content (AvgIpc) is 3.27. The highest BCUT2D eigenvalue weighted by atomic mass is 16.3. The molecule has 2 heterocycles. The summed E-state index contributed by atoms with van der Waals surface area (Å²) in [5, 5.41) is 2.32. The van der Waals surface area contributed by atoms with Gasteiger partial charge in [0.1, 0.15) is 11.2 Å². The summed E-state index contributed by atoms with van der Waals surface area (Å²) in [5.41, 5.74) is 7.90. The second-order valence-electron chi connectivity index (χ2n) is 10.4. The maximum atomic E-state index is 6.26. The zero-order valence-electron chi connectivity index (χ0n) is 19.4. The van der Waals surface area contributed by atoms with Gasteiger partial charge in [-0.05, 0) is 96.5 Å². The van der Waals surface area contributed by atoms with Crippen molar-refractivity contribution in [1.82, 2.24) is 4.98 Å². The molecular weight excluding hydrogens is 414 g/mol. The molecule has 3 saturated carbocycles. The third-order valence-corrected chi connectivity index (χ3v) is 8.39. The van der Waals surface area contributed by atoms with Crippen LogP contribution in [-0.4, -0.2) is 4.98 Å². The number of pyridine rings is 1. The summed E-state index contributed by atoms with van der Waals surface area (Å²) in [5.74, 6) is 2.78. The molecular formula is C32H29NO. The third-order valence-electron chi connectivity index (χ3n) is 8.39. The van der Waals surface area contributed by atoms with Crippen LogP contribution in [-0.2, 0) is 6.42 Å². The number of hydrogen-bond acceptors (Lipinski definition) is 2. The molecule has 2 heteroatoms. The van der Waals surface area contributed by atoms with Crippen LogP contribution in [0.15, 0.2) is 89.5 Å². The van der Waals surface area contributed by atoms with Crippen molar-refractivity contribution >= 4 is 21.9 Å². The first-order chi connectivity index (χ1) is 16.8. The Hall–Kier alpha value is -3.39. The standard InChI is InChI=1S/C32H29NO/c1-2-4-23(5-3-1)25-11-13-31-29(19-25)28-12-10-26(20-32(28)34-31)30-18-22(14-15-33-30)17-27-16-21-6-8-24(27)9-7-21/h1-5,10-15,18-21,24,27H,6-9,16-17H2. The predicted molar refractivity (Wildman–Crippen MR) is 140 cm³/mol. The second-order valence-corrected chi connectivity index (χ2v) is 10.4. The highest BCUT2D eigenvalue weighted by Crippen LogP contribution is 2.46. The smallest absolute Gasteiger partial charge is 0.136 e. The first kappa shape index (κ1) is 20.0. The molecule has 3 aliphatic carbocycles. The van der Waals surface area contributed by atoms with Gasteiger partial charge in [-0.15, -0.1) is 0 Å². The number of benzene rings is 3. The summed E-state index contributed by atoms with van der Waals surface area (Å²) in [6, 6.07) is 28.1. The molecule has 0 N–H and O–H groups in total. The minimum atomic E-state index is 0.861. The molecule has 3 aliphatic rings. The average molecular weight is 444 g/mol. The van der Waals surface area contributed by atoms with Crippen LogP contribution in [0.4, 0.5) is 0 Å². The Morgan fingerprint density at radius 1 is 0.706 bits per heavy atom. The quantitative estimate of drug-likeness (QED) is 0.278. The van der Waals surface area contributed by atoms with Crippen molar-refractivity contribution in [3.63, 3.8) is 0 Å². The van der Waals surface area contributed by atoms with E-state index in [1.807, 2.05) is 6.20 Å². The van der Waals surface area contributed by atoms with Gasteiger partial charge >= 0.3 is 0 Å². The van der Waals surface area contributed by atoms with Gasteiger partial charge in [-0.25, -0.2) is 0 Å². The van der Waals surface area contributed by atoms with Gasteiger partial charge in [0.25, 0.3) is 0 Å². The Balaban J connectivity index is 1.21. The molecule has 0 saturated heterocycles. The van der Waals surface area contributed by atoms with Gasteiger partial charge in [0.05, 0.1) is 5.69 Å². The minimum Gasteiger partial charge on any atom is -0.456 e. The molecule has 0 radical (unpaired) electrons. The summed E-state index contributed by atoms with van der Waals surface area (Å²) < 4.78 is 6.26. The Morgan fingerprint density at radius 3 is 2.38 bits per heavy atom. The van der Waals surface area contributed by atoms with Crippen molar-refractivity contribution in [2.75, 3.05) is 0 Å². The van der Waals surface area contributed by atoms with E-state index in [-0.39, 0.29) is 0 Å². The van der Waals surface area contributed by atoms with Crippen LogP contribution in [0, 0.1) is 17.8 Å². The number of fused-ring (bicyclic) bond motifs is 6. The number of aromatic nitrogens is 1. The number of hydrogen-bond donors (Lipinski definition) is 0. The highest BCUT2D eigenvalue weighted by molar-refractivity contribution is 6.07. The van der Waals surface area contributed by atoms with Crippen molar-refractivity contribution in [3.05, 3.63) is 90.6 Å². The first-order valence-corrected chi connectivity index (χ1v) is 12.8. The molecule has 3 aromatic carbocycles. The molecule has 34 heavy (non-hydrogen) atoms. The van der Waals surface area contributed by atoms with Gasteiger partial charge in [-0.1, -0.05) is 55.3 Å². The molecule has 8 rings (SSSR count). The minimum absolute atomic E-state index is 0.861. The van der Waals surface area contributed by atoms with Crippen molar-refractivity contribution in [1.29, 1.82) is 0 Å². The molecule has 168 valence electrons. The summed E-state index contributed by atoms with van der Waals surface area (Å²) >= 11 is 0. The Morgan fingerprint density at radius 2 is 1.56 bits per heavy atom. The molecule has 5 aromatic rings. The number of furan rings is 1. The second kappa shape index (κ2) is 8.13. The van der Waals surface area contributed by atoms with Crippen molar-refractivity contribution in [2.45, 2.75) is 38.5 Å². The lowest BCUT2D eigenvalue weighted by atomic mass is 9.63. The molecule has 0 spiro atoms.